The second-order valence-electron chi connectivity index (χ2n) is 5.31. The van der Waals surface area contributed by atoms with Gasteiger partial charge in [0.1, 0.15) is 12.4 Å². The van der Waals surface area contributed by atoms with Gasteiger partial charge >= 0.3 is 0 Å². The minimum atomic E-state index is -0.0620. The molecule has 0 aliphatic carbocycles. The van der Waals surface area contributed by atoms with Crippen molar-refractivity contribution in [2.75, 3.05) is 6.61 Å². The van der Waals surface area contributed by atoms with E-state index in [-0.39, 0.29) is 11.5 Å². The average molecular weight is 310 g/mol. The standard InChI is InChI=1S/C15H20BrNO/c1-11(17)13-10-12(16)6-7-14(13)18-9-5-8-15(2,3)4/h6-7,10-11H,9,17H2,1-4H3. The molecule has 0 heterocycles. The maximum absolute atomic E-state index is 5.92. The van der Waals surface area contributed by atoms with Crippen LogP contribution in [0.1, 0.15) is 39.3 Å². The molecule has 0 aliphatic rings. The quantitative estimate of drug-likeness (QED) is 0.860. The van der Waals surface area contributed by atoms with Gasteiger partial charge in [0.2, 0.25) is 0 Å². The number of benzene rings is 1. The highest BCUT2D eigenvalue weighted by molar-refractivity contribution is 9.10. The van der Waals surface area contributed by atoms with Crippen LogP contribution in [0.5, 0.6) is 5.75 Å². The van der Waals surface area contributed by atoms with E-state index >= 15 is 0 Å². The van der Waals surface area contributed by atoms with Gasteiger partial charge in [-0.05, 0) is 45.9 Å². The number of hydrogen-bond acceptors (Lipinski definition) is 2. The van der Waals surface area contributed by atoms with Crippen molar-refractivity contribution < 1.29 is 4.74 Å². The molecule has 0 amide bonds. The van der Waals surface area contributed by atoms with Crippen LogP contribution in [0.2, 0.25) is 0 Å². The van der Waals surface area contributed by atoms with Gasteiger partial charge in [0.05, 0.1) is 0 Å². The summed E-state index contributed by atoms with van der Waals surface area (Å²) < 4.78 is 6.68. The normalized spacial score (nSPS) is 12.6. The highest BCUT2D eigenvalue weighted by Crippen LogP contribution is 2.27. The first-order chi connectivity index (χ1) is 8.29. The fourth-order valence-electron chi connectivity index (χ4n) is 1.42. The molecule has 1 rings (SSSR count). The van der Waals surface area contributed by atoms with Crippen LogP contribution >= 0.6 is 15.9 Å². The first kappa shape index (κ1) is 15.1. The van der Waals surface area contributed by atoms with Gasteiger partial charge in [0, 0.05) is 21.5 Å². The fraction of sp³-hybridized carbons (Fsp3) is 0.467. The largest absolute Gasteiger partial charge is 0.481 e. The van der Waals surface area contributed by atoms with E-state index in [1.807, 2.05) is 25.1 Å². The summed E-state index contributed by atoms with van der Waals surface area (Å²) in [7, 11) is 0. The second kappa shape index (κ2) is 6.26. The molecule has 1 aromatic rings. The summed E-state index contributed by atoms with van der Waals surface area (Å²) in [6.07, 6.45) is 0. The smallest absolute Gasteiger partial charge is 0.149 e. The lowest BCUT2D eigenvalue weighted by Crippen LogP contribution is -2.08. The van der Waals surface area contributed by atoms with Crippen LogP contribution in [0.3, 0.4) is 0 Å². The molecule has 2 nitrogen and oxygen atoms in total. The Labute approximate surface area is 118 Å². The number of rotatable bonds is 3. The predicted molar refractivity (Wildman–Crippen MR) is 79.5 cm³/mol. The summed E-state index contributed by atoms with van der Waals surface area (Å²) in [5.74, 6) is 6.97. The molecule has 0 spiro atoms. The van der Waals surface area contributed by atoms with Gasteiger partial charge in [-0.1, -0.05) is 27.8 Å². The van der Waals surface area contributed by atoms with Gasteiger partial charge in [-0.2, -0.15) is 0 Å². The zero-order valence-electron chi connectivity index (χ0n) is 11.4. The molecule has 0 fully saturated rings. The molecule has 0 radical (unpaired) electrons. The fourth-order valence-corrected chi connectivity index (χ4v) is 1.80. The van der Waals surface area contributed by atoms with Gasteiger partial charge < -0.3 is 10.5 Å². The van der Waals surface area contributed by atoms with Crippen molar-refractivity contribution in [2.24, 2.45) is 11.1 Å². The lowest BCUT2D eigenvalue weighted by atomic mass is 9.98. The lowest BCUT2D eigenvalue weighted by molar-refractivity contribution is 0.363. The first-order valence-electron chi connectivity index (χ1n) is 5.97. The van der Waals surface area contributed by atoms with Crippen LogP contribution in [0.25, 0.3) is 0 Å². The highest BCUT2D eigenvalue weighted by Gasteiger charge is 2.08. The van der Waals surface area contributed by atoms with Crippen molar-refractivity contribution in [3.63, 3.8) is 0 Å². The van der Waals surface area contributed by atoms with E-state index in [0.29, 0.717) is 6.61 Å². The van der Waals surface area contributed by atoms with Gasteiger partial charge in [-0.25, -0.2) is 0 Å². The molecular weight excluding hydrogens is 290 g/mol. The summed E-state index contributed by atoms with van der Waals surface area (Å²) in [6.45, 7) is 8.56. The van der Waals surface area contributed by atoms with Crippen LogP contribution in [-0.2, 0) is 0 Å². The van der Waals surface area contributed by atoms with E-state index in [4.69, 9.17) is 10.5 Å². The number of halogens is 1. The Balaban J connectivity index is 2.75. The third-order valence-electron chi connectivity index (χ3n) is 2.23. The minimum Gasteiger partial charge on any atom is -0.481 e. The highest BCUT2D eigenvalue weighted by atomic mass is 79.9. The monoisotopic (exact) mass is 309 g/mol. The van der Waals surface area contributed by atoms with Crippen molar-refractivity contribution >= 4 is 15.9 Å². The number of hydrogen-bond donors (Lipinski definition) is 1. The predicted octanol–water partition coefficient (Wildman–Crippen LogP) is 3.90. The Hall–Kier alpha value is -0.980. The van der Waals surface area contributed by atoms with Crippen LogP contribution in [0.4, 0.5) is 0 Å². The molecule has 1 atom stereocenters. The maximum Gasteiger partial charge on any atom is 0.149 e. The van der Waals surface area contributed by atoms with Crippen molar-refractivity contribution in [3.05, 3.63) is 28.2 Å². The molecule has 0 bridgehead atoms. The third-order valence-corrected chi connectivity index (χ3v) is 2.72. The van der Waals surface area contributed by atoms with E-state index in [2.05, 4.69) is 48.5 Å². The van der Waals surface area contributed by atoms with Crippen molar-refractivity contribution in [1.82, 2.24) is 0 Å². The third kappa shape index (κ3) is 5.12. The Bertz CT molecular complexity index is 464. The average Bonchev–Trinajstić information content (AvgIpc) is 2.24. The van der Waals surface area contributed by atoms with E-state index in [0.717, 1.165) is 15.8 Å². The molecule has 2 N–H and O–H groups in total. The maximum atomic E-state index is 5.92. The van der Waals surface area contributed by atoms with Crippen LogP contribution < -0.4 is 10.5 Å². The number of nitrogens with two attached hydrogens (primary N) is 1. The van der Waals surface area contributed by atoms with E-state index in [1.165, 1.54) is 0 Å². The molecule has 0 saturated carbocycles. The zero-order valence-corrected chi connectivity index (χ0v) is 13.0. The Kier molecular flexibility index (Phi) is 5.25. The molecule has 0 aromatic heterocycles. The Morgan fingerprint density at radius 2 is 2.06 bits per heavy atom. The van der Waals surface area contributed by atoms with Crippen LogP contribution in [-0.4, -0.2) is 6.61 Å². The minimum absolute atomic E-state index is 0.00701. The lowest BCUT2D eigenvalue weighted by Gasteiger charge is -2.13. The summed E-state index contributed by atoms with van der Waals surface area (Å²) in [4.78, 5) is 0. The van der Waals surface area contributed by atoms with Crippen molar-refractivity contribution in [1.29, 1.82) is 0 Å². The summed E-state index contributed by atoms with van der Waals surface area (Å²) in [5.41, 5.74) is 6.91. The zero-order chi connectivity index (χ0) is 13.8. The second-order valence-corrected chi connectivity index (χ2v) is 6.23. The van der Waals surface area contributed by atoms with Crippen LogP contribution in [0.15, 0.2) is 22.7 Å². The molecular formula is C15H20BrNO. The van der Waals surface area contributed by atoms with E-state index in [9.17, 15) is 0 Å². The summed E-state index contributed by atoms with van der Waals surface area (Å²) in [6, 6.07) is 5.78. The van der Waals surface area contributed by atoms with Crippen LogP contribution in [0, 0.1) is 17.3 Å². The van der Waals surface area contributed by atoms with Gasteiger partial charge in [-0.3, -0.25) is 0 Å². The number of ether oxygens (including phenoxy) is 1. The topological polar surface area (TPSA) is 35.2 Å². The van der Waals surface area contributed by atoms with Crippen molar-refractivity contribution in [3.8, 4) is 17.6 Å². The van der Waals surface area contributed by atoms with Gasteiger partial charge in [0.25, 0.3) is 0 Å². The SMILES string of the molecule is CC(N)c1cc(Br)ccc1OCC#CC(C)(C)C. The van der Waals surface area contributed by atoms with E-state index in [1.54, 1.807) is 0 Å². The molecule has 1 unspecified atom stereocenters. The van der Waals surface area contributed by atoms with E-state index < -0.39 is 0 Å². The molecule has 3 heteroatoms. The van der Waals surface area contributed by atoms with Gasteiger partial charge in [-0.15, -0.1) is 0 Å². The van der Waals surface area contributed by atoms with Gasteiger partial charge in [0.15, 0.2) is 0 Å². The molecule has 18 heavy (non-hydrogen) atoms. The summed E-state index contributed by atoms with van der Waals surface area (Å²) >= 11 is 3.43. The Morgan fingerprint density at radius 3 is 2.61 bits per heavy atom. The summed E-state index contributed by atoms with van der Waals surface area (Å²) in [5, 5.41) is 0. The Morgan fingerprint density at radius 1 is 1.39 bits per heavy atom. The molecule has 0 aliphatic heterocycles. The first-order valence-corrected chi connectivity index (χ1v) is 6.77. The van der Waals surface area contributed by atoms with Crippen molar-refractivity contribution in [2.45, 2.75) is 33.7 Å². The molecule has 1 aromatic carbocycles. The molecule has 0 saturated heterocycles. The molecule has 98 valence electrons.